The minimum atomic E-state index is -0.637. The first kappa shape index (κ1) is 26.7. The van der Waals surface area contributed by atoms with Gasteiger partial charge in [-0.15, -0.1) is 0 Å². The number of benzene rings is 3. The number of hydrogen-bond donors (Lipinski definition) is 1. The van der Waals surface area contributed by atoms with E-state index in [0.717, 1.165) is 0 Å². The lowest BCUT2D eigenvalue weighted by atomic mass is 9.95. The lowest BCUT2D eigenvalue weighted by molar-refractivity contribution is -0.124. The van der Waals surface area contributed by atoms with Crippen LogP contribution in [0.15, 0.2) is 79.0 Å². The summed E-state index contributed by atoms with van der Waals surface area (Å²) in [6.07, 6.45) is 1.49. The molecule has 1 atom stereocenters. The van der Waals surface area contributed by atoms with Crippen LogP contribution in [0, 0.1) is 0 Å². The molecule has 3 aromatic carbocycles. The number of aromatic nitrogens is 1. The molecule has 39 heavy (non-hydrogen) atoms. The SMILES string of the molecule is CC1CN(C(c2ccccc2)c2ccccc2)CCN1C(=O)c1cc2c(C(=O)C(=O)N(C)C)c[nH]c2cc1Cl. The van der Waals surface area contributed by atoms with Gasteiger partial charge < -0.3 is 14.8 Å². The molecule has 1 aliphatic heterocycles. The summed E-state index contributed by atoms with van der Waals surface area (Å²) >= 11 is 6.57. The number of piperazine rings is 1. The molecule has 2 heterocycles. The quantitative estimate of drug-likeness (QED) is 0.274. The van der Waals surface area contributed by atoms with Crippen molar-refractivity contribution in [1.29, 1.82) is 0 Å². The summed E-state index contributed by atoms with van der Waals surface area (Å²) in [6, 6.07) is 24.1. The third-order valence-electron chi connectivity index (χ3n) is 7.36. The Bertz CT molecular complexity index is 1480. The fourth-order valence-corrected chi connectivity index (χ4v) is 5.62. The van der Waals surface area contributed by atoms with Crippen molar-refractivity contribution in [1.82, 2.24) is 19.7 Å². The Balaban J connectivity index is 1.41. The number of likely N-dealkylation sites (N-methyl/N-ethyl adjacent to an activating group) is 1. The third kappa shape index (κ3) is 5.20. The second-order valence-electron chi connectivity index (χ2n) is 10.2. The molecule has 1 saturated heterocycles. The first-order valence-electron chi connectivity index (χ1n) is 13.0. The molecule has 8 heteroatoms. The van der Waals surface area contributed by atoms with Gasteiger partial charge in [-0.3, -0.25) is 19.3 Å². The highest BCUT2D eigenvalue weighted by Gasteiger charge is 2.34. The monoisotopic (exact) mass is 542 g/mol. The molecule has 5 rings (SSSR count). The van der Waals surface area contributed by atoms with Crippen LogP contribution in [0.5, 0.6) is 0 Å². The second kappa shape index (κ2) is 11.0. The largest absolute Gasteiger partial charge is 0.360 e. The van der Waals surface area contributed by atoms with E-state index < -0.39 is 11.7 Å². The Kier molecular flexibility index (Phi) is 7.55. The van der Waals surface area contributed by atoms with E-state index in [2.05, 4.69) is 58.4 Å². The predicted octanol–water partition coefficient (Wildman–Crippen LogP) is 5.03. The van der Waals surface area contributed by atoms with Crippen LogP contribution in [0.2, 0.25) is 5.02 Å². The van der Waals surface area contributed by atoms with Crippen molar-refractivity contribution in [2.45, 2.75) is 19.0 Å². The summed E-state index contributed by atoms with van der Waals surface area (Å²) in [4.78, 5) is 47.4. The molecule has 1 N–H and O–H groups in total. The average Bonchev–Trinajstić information content (AvgIpc) is 3.35. The molecular formula is C31H31ClN4O3. The van der Waals surface area contributed by atoms with Crippen molar-refractivity contribution in [2.75, 3.05) is 33.7 Å². The van der Waals surface area contributed by atoms with Gasteiger partial charge in [0.15, 0.2) is 0 Å². The zero-order valence-corrected chi connectivity index (χ0v) is 23.0. The van der Waals surface area contributed by atoms with E-state index in [1.807, 2.05) is 24.0 Å². The highest BCUT2D eigenvalue weighted by atomic mass is 35.5. The van der Waals surface area contributed by atoms with E-state index in [9.17, 15) is 14.4 Å². The van der Waals surface area contributed by atoms with Gasteiger partial charge in [-0.2, -0.15) is 0 Å². The van der Waals surface area contributed by atoms with Crippen LogP contribution in [-0.4, -0.2) is 77.1 Å². The Labute approximate surface area is 233 Å². The fourth-order valence-electron chi connectivity index (χ4n) is 5.37. The lowest BCUT2D eigenvalue weighted by Crippen LogP contribution is -2.54. The van der Waals surface area contributed by atoms with E-state index in [-0.39, 0.29) is 23.6 Å². The number of amides is 2. The normalized spacial score (nSPS) is 16.0. The first-order chi connectivity index (χ1) is 18.8. The van der Waals surface area contributed by atoms with E-state index >= 15 is 0 Å². The van der Waals surface area contributed by atoms with Crippen molar-refractivity contribution >= 4 is 40.1 Å². The number of carbonyl (C=O) groups is 3. The number of hydrogen-bond acceptors (Lipinski definition) is 4. The summed E-state index contributed by atoms with van der Waals surface area (Å²) in [6.45, 7) is 3.95. The van der Waals surface area contributed by atoms with Gasteiger partial charge in [-0.05, 0) is 30.2 Å². The molecule has 0 spiro atoms. The number of halogens is 1. The average molecular weight is 543 g/mol. The van der Waals surface area contributed by atoms with Crippen LogP contribution in [0.4, 0.5) is 0 Å². The highest BCUT2D eigenvalue weighted by molar-refractivity contribution is 6.45. The van der Waals surface area contributed by atoms with Crippen LogP contribution >= 0.6 is 11.6 Å². The maximum absolute atomic E-state index is 13.8. The Morgan fingerprint density at radius 2 is 1.54 bits per heavy atom. The standard InChI is InChI=1S/C31H31ClN4O3/c1-20-19-35(28(21-10-6-4-7-11-21)22-12-8-5-9-13-22)14-15-36(20)30(38)24-16-23-25(29(37)31(39)34(2)3)18-33-27(23)17-26(24)32/h4-13,16-18,20,28,33H,14-15,19H2,1-3H3. The zero-order valence-electron chi connectivity index (χ0n) is 22.2. The van der Waals surface area contributed by atoms with Crippen LogP contribution in [0.3, 0.4) is 0 Å². The highest BCUT2D eigenvalue weighted by Crippen LogP contribution is 2.32. The van der Waals surface area contributed by atoms with Crippen molar-refractivity contribution in [3.63, 3.8) is 0 Å². The predicted molar refractivity (Wildman–Crippen MR) is 153 cm³/mol. The maximum atomic E-state index is 13.8. The summed E-state index contributed by atoms with van der Waals surface area (Å²) in [7, 11) is 3.06. The Hall–Kier alpha value is -3.94. The number of aromatic amines is 1. The summed E-state index contributed by atoms with van der Waals surface area (Å²) < 4.78 is 0. The minimum absolute atomic E-state index is 0.0735. The number of nitrogens with one attached hydrogen (secondary N) is 1. The Morgan fingerprint density at radius 1 is 0.923 bits per heavy atom. The number of H-pyrrole nitrogens is 1. The van der Waals surface area contributed by atoms with Gasteiger partial charge >= 0.3 is 0 Å². The molecule has 2 amide bonds. The molecule has 4 aromatic rings. The van der Waals surface area contributed by atoms with E-state index in [1.165, 1.54) is 36.3 Å². The van der Waals surface area contributed by atoms with Crippen molar-refractivity contribution in [2.24, 2.45) is 0 Å². The Morgan fingerprint density at radius 3 is 2.10 bits per heavy atom. The summed E-state index contributed by atoms with van der Waals surface area (Å²) in [5.41, 5.74) is 3.55. The van der Waals surface area contributed by atoms with Gasteiger partial charge in [-0.1, -0.05) is 72.3 Å². The number of ketones is 1. The molecule has 0 aliphatic carbocycles. The molecule has 1 aliphatic rings. The molecule has 0 radical (unpaired) electrons. The van der Waals surface area contributed by atoms with Crippen LogP contribution in [0.25, 0.3) is 10.9 Å². The van der Waals surface area contributed by atoms with Crippen molar-refractivity contribution < 1.29 is 14.4 Å². The van der Waals surface area contributed by atoms with E-state index in [4.69, 9.17) is 11.6 Å². The molecule has 1 aromatic heterocycles. The molecule has 0 bridgehead atoms. The minimum Gasteiger partial charge on any atom is -0.360 e. The maximum Gasteiger partial charge on any atom is 0.294 e. The topological polar surface area (TPSA) is 76.7 Å². The van der Waals surface area contributed by atoms with Crippen LogP contribution in [0.1, 0.15) is 44.8 Å². The summed E-state index contributed by atoms with van der Waals surface area (Å²) in [5, 5.41) is 0.802. The lowest BCUT2D eigenvalue weighted by Gasteiger charge is -2.43. The summed E-state index contributed by atoms with van der Waals surface area (Å²) in [5.74, 6) is -1.46. The van der Waals surface area contributed by atoms with E-state index in [0.29, 0.717) is 41.1 Å². The molecule has 1 unspecified atom stereocenters. The van der Waals surface area contributed by atoms with Gasteiger partial charge in [0.1, 0.15) is 0 Å². The third-order valence-corrected chi connectivity index (χ3v) is 7.67. The first-order valence-corrected chi connectivity index (χ1v) is 13.4. The van der Waals surface area contributed by atoms with Crippen molar-refractivity contribution in [3.8, 4) is 0 Å². The number of rotatable bonds is 6. The number of Topliss-reactive ketones (excluding diaryl/α,β-unsaturated/α-hetero) is 1. The van der Waals surface area contributed by atoms with Gasteiger partial charge in [0.25, 0.3) is 17.6 Å². The number of nitrogens with zero attached hydrogens (tertiary/aromatic N) is 3. The molecule has 200 valence electrons. The molecule has 7 nitrogen and oxygen atoms in total. The second-order valence-corrected chi connectivity index (χ2v) is 10.6. The van der Waals surface area contributed by atoms with Crippen LogP contribution < -0.4 is 0 Å². The van der Waals surface area contributed by atoms with E-state index in [1.54, 1.807) is 12.1 Å². The van der Waals surface area contributed by atoms with Gasteiger partial charge in [-0.25, -0.2) is 0 Å². The number of carbonyl (C=O) groups excluding carboxylic acids is 3. The van der Waals surface area contributed by atoms with Crippen molar-refractivity contribution in [3.05, 3.63) is 106 Å². The zero-order chi connectivity index (χ0) is 27.7. The molecule has 1 fully saturated rings. The molecule has 0 saturated carbocycles. The number of fused-ring (bicyclic) bond motifs is 1. The smallest absolute Gasteiger partial charge is 0.294 e. The van der Waals surface area contributed by atoms with Gasteiger partial charge in [0, 0.05) is 56.9 Å². The van der Waals surface area contributed by atoms with Gasteiger partial charge in [0.05, 0.1) is 22.2 Å². The fraction of sp³-hybridized carbons (Fsp3) is 0.258. The molecular weight excluding hydrogens is 512 g/mol. The van der Waals surface area contributed by atoms with Gasteiger partial charge in [0.2, 0.25) is 0 Å². The van der Waals surface area contributed by atoms with Crippen LogP contribution in [-0.2, 0) is 4.79 Å².